The number of halogens is 4. The number of imidazole rings is 1. The molecule has 1 aromatic carbocycles. The molecule has 2 N–H and O–H groups in total. The van der Waals surface area contributed by atoms with E-state index in [-0.39, 0.29) is 29.3 Å². The van der Waals surface area contributed by atoms with E-state index in [4.69, 9.17) is 17.3 Å². The van der Waals surface area contributed by atoms with Gasteiger partial charge in [-0.2, -0.15) is 13.2 Å². The zero-order valence-electron chi connectivity index (χ0n) is 9.13. The Kier molecular flexibility index (Phi) is 2.15. The smallest absolute Gasteiger partial charge is 0.369 e. The Hall–Kier alpha value is -1.43. The lowest BCUT2D eigenvalue weighted by Crippen LogP contribution is -2.35. The maximum Gasteiger partial charge on any atom is 0.412 e. The molecule has 96 valence electrons. The van der Waals surface area contributed by atoms with Gasteiger partial charge in [-0.25, -0.2) is 4.98 Å². The minimum Gasteiger partial charge on any atom is -0.369 e. The van der Waals surface area contributed by atoms with Gasteiger partial charge >= 0.3 is 6.18 Å². The van der Waals surface area contributed by atoms with Crippen LogP contribution in [0.5, 0.6) is 0 Å². The zero-order chi connectivity index (χ0) is 13.1. The molecule has 1 aliphatic rings. The van der Waals surface area contributed by atoms with Crippen molar-refractivity contribution in [2.45, 2.75) is 24.6 Å². The van der Waals surface area contributed by atoms with E-state index in [1.165, 1.54) is 6.07 Å². The van der Waals surface area contributed by atoms with Crippen molar-refractivity contribution in [2.75, 3.05) is 5.73 Å². The van der Waals surface area contributed by atoms with Gasteiger partial charge in [0, 0.05) is 0 Å². The van der Waals surface area contributed by atoms with Gasteiger partial charge in [-0.1, -0.05) is 17.7 Å². The third-order valence-corrected chi connectivity index (χ3v) is 3.64. The Bertz CT molecular complexity index is 628. The summed E-state index contributed by atoms with van der Waals surface area (Å²) >= 11 is 5.98. The molecule has 7 heteroatoms. The maximum atomic E-state index is 13.2. The lowest BCUT2D eigenvalue weighted by atomic mass is 10.2. The van der Waals surface area contributed by atoms with Gasteiger partial charge < -0.3 is 5.73 Å². The molecule has 0 saturated heterocycles. The van der Waals surface area contributed by atoms with Crippen molar-refractivity contribution in [3.8, 4) is 0 Å². The van der Waals surface area contributed by atoms with Gasteiger partial charge in [0.15, 0.2) is 0 Å². The Morgan fingerprint density at radius 1 is 1.33 bits per heavy atom. The van der Waals surface area contributed by atoms with E-state index in [0.29, 0.717) is 5.52 Å². The summed E-state index contributed by atoms with van der Waals surface area (Å²) in [5.74, 6) is -0.145. The lowest BCUT2D eigenvalue weighted by Gasteiger charge is -2.22. The van der Waals surface area contributed by atoms with Gasteiger partial charge in [0.2, 0.25) is 5.95 Å². The normalized spacial score (nSPS) is 18.2. The summed E-state index contributed by atoms with van der Waals surface area (Å²) in [4.78, 5) is 3.95. The van der Waals surface area contributed by atoms with Crippen LogP contribution >= 0.6 is 11.6 Å². The number of nitrogen functional groups attached to an aromatic ring is 1. The molecule has 1 heterocycles. The second kappa shape index (κ2) is 3.32. The number of benzene rings is 1. The Morgan fingerprint density at radius 3 is 2.56 bits per heavy atom. The van der Waals surface area contributed by atoms with Crippen LogP contribution in [0.1, 0.15) is 12.8 Å². The zero-order valence-corrected chi connectivity index (χ0v) is 9.89. The van der Waals surface area contributed by atoms with Crippen LogP contribution in [0.4, 0.5) is 19.1 Å². The number of hydrogen-bond acceptors (Lipinski definition) is 2. The summed E-state index contributed by atoms with van der Waals surface area (Å²) in [5.41, 5.74) is 4.35. The van der Waals surface area contributed by atoms with E-state index in [0.717, 1.165) is 4.57 Å². The number of fused-ring (bicyclic) bond motifs is 1. The molecular weight excluding hydrogens is 267 g/mol. The molecular formula is C11H9ClF3N3. The molecule has 0 unspecified atom stereocenters. The summed E-state index contributed by atoms with van der Waals surface area (Å²) in [5, 5.41) is 0.229. The summed E-state index contributed by atoms with van der Waals surface area (Å²) < 4.78 is 40.5. The molecule has 0 amide bonds. The van der Waals surface area contributed by atoms with Crippen molar-refractivity contribution in [2.24, 2.45) is 0 Å². The SMILES string of the molecule is Nc1nc2cccc(Cl)c2n1C1(C(F)(F)F)CC1. The lowest BCUT2D eigenvalue weighted by molar-refractivity contribution is -0.178. The van der Waals surface area contributed by atoms with Crippen molar-refractivity contribution in [3.63, 3.8) is 0 Å². The van der Waals surface area contributed by atoms with Crippen LogP contribution in [0, 0.1) is 0 Å². The second-order valence-corrected chi connectivity index (χ2v) is 4.85. The molecule has 0 aliphatic heterocycles. The van der Waals surface area contributed by atoms with Gasteiger partial charge in [-0.15, -0.1) is 0 Å². The van der Waals surface area contributed by atoms with Gasteiger partial charge in [0.25, 0.3) is 0 Å². The van der Waals surface area contributed by atoms with Crippen LogP contribution in [0.25, 0.3) is 11.0 Å². The Labute approximate surface area is 105 Å². The molecule has 18 heavy (non-hydrogen) atoms. The number of anilines is 1. The Balaban J connectivity index is 2.34. The highest BCUT2D eigenvalue weighted by atomic mass is 35.5. The van der Waals surface area contributed by atoms with Crippen LogP contribution in [0.2, 0.25) is 5.02 Å². The van der Waals surface area contributed by atoms with Crippen molar-refractivity contribution >= 4 is 28.6 Å². The topological polar surface area (TPSA) is 43.8 Å². The number of alkyl halides is 3. The predicted octanol–water partition coefficient (Wildman–Crippen LogP) is 3.32. The van der Waals surface area contributed by atoms with Crippen LogP contribution in [0.3, 0.4) is 0 Å². The van der Waals surface area contributed by atoms with E-state index < -0.39 is 11.7 Å². The van der Waals surface area contributed by atoms with Crippen LogP contribution in [-0.4, -0.2) is 15.7 Å². The number of hydrogen-bond donors (Lipinski definition) is 1. The van der Waals surface area contributed by atoms with E-state index >= 15 is 0 Å². The molecule has 3 nitrogen and oxygen atoms in total. The van der Waals surface area contributed by atoms with Gasteiger partial charge in [-0.05, 0) is 25.0 Å². The number of nitrogens with two attached hydrogens (primary N) is 1. The fraction of sp³-hybridized carbons (Fsp3) is 0.364. The van der Waals surface area contributed by atoms with Gasteiger partial charge in [-0.3, -0.25) is 4.57 Å². The summed E-state index contributed by atoms with van der Waals surface area (Å²) in [6.45, 7) is 0. The molecule has 1 aliphatic carbocycles. The first-order valence-electron chi connectivity index (χ1n) is 5.36. The maximum absolute atomic E-state index is 13.2. The van der Waals surface area contributed by atoms with Crippen molar-refractivity contribution < 1.29 is 13.2 Å². The third kappa shape index (κ3) is 1.35. The molecule has 1 aromatic heterocycles. The van der Waals surface area contributed by atoms with E-state index in [1.807, 2.05) is 0 Å². The molecule has 0 atom stereocenters. The van der Waals surface area contributed by atoms with Gasteiger partial charge in [0.1, 0.15) is 5.54 Å². The van der Waals surface area contributed by atoms with Crippen molar-refractivity contribution in [1.82, 2.24) is 9.55 Å². The third-order valence-electron chi connectivity index (χ3n) is 3.33. The largest absolute Gasteiger partial charge is 0.412 e. The van der Waals surface area contributed by atoms with E-state index in [1.54, 1.807) is 12.1 Å². The van der Waals surface area contributed by atoms with Crippen LogP contribution < -0.4 is 5.73 Å². The van der Waals surface area contributed by atoms with Crippen molar-refractivity contribution in [1.29, 1.82) is 0 Å². The molecule has 0 bridgehead atoms. The van der Waals surface area contributed by atoms with Crippen LogP contribution in [-0.2, 0) is 5.54 Å². The second-order valence-electron chi connectivity index (χ2n) is 4.44. The minimum atomic E-state index is -4.35. The predicted molar refractivity (Wildman–Crippen MR) is 62.4 cm³/mol. The first-order chi connectivity index (χ1) is 8.37. The van der Waals surface area contributed by atoms with E-state index in [2.05, 4.69) is 4.98 Å². The highest BCUT2D eigenvalue weighted by molar-refractivity contribution is 6.35. The van der Waals surface area contributed by atoms with Crippen molar-refractivity contribution in [3.05, 3.63) is 23.2 Å². The minimum absolute atomic E-state index is 0.0113. The quantitative estimate of drug-likeness (QED) is 0.867. The summed E-state index contributed by atoms with van der Waals surface area (Å²) in [7, 11) is 0. The number of nitrogens with zero attached hydrogens (tertiary/aromatic N) is 2. The molecule has 1 fully saturated rings. The number of para-hydroxylation sites is 1. The molecule has 1 saturated carbocycles. The molecule has 2 aromatic rings. The van der Waals surface area contributed by atoms with Crippen LogP contribution in [0.15, 0.2) is 18.2 Å². The Morgan fingerprint density at radius 2 is 2.00 bits per heavy atom. The van der Waals surface area contributed by atoms with E-state index in [9.17, 15) is 13.2 Å². The monoisotopic (exact) mass is 275 g/mol. The average molecular weight is 276 g/mol. The number of rotatable bonds is 1. The molecule has 3 rings (SSSR count). The first-order valence-corrected chi connectivity index (χ1v) is 5.74. The van der Waals surface area contributed by atoms with Gasteiger partial charge in [0.05, 0.1) is 16.1 Å². The average Bonchev–Trinajstić information content (AvgIpc) is 2.97. The highest BCUT2D eigenvalue weighted by Crippen LogP contribution is 2.57. The highest BCUT2D eigenvalue weighted by Gasteiger charge is 2.66. The fourth-order valence-corrected chi connectivity index (χ4v) is 2.54. The number of aromatic nitrogens is 2. The molecule has 0 spiro atoms. The standard InChI is InChI=1S/C11H9ClF3N3/c12-6-2-1-3-7-8(6)18(9(16)17-7)10(4-5-10)11(13,14)15/h1-3H,4-5H2,(H2,16,17). The summed E-state index contributed by atoms with van der Waals surface area (Å²) in [6.07, 6.45) is -4.33. The molecule has 0 radical (unpaired) electrons. The first kappa shape index (κ1) is 11.6. The summed E-state index contributed by atoms with van der Waals surface area (Å²) in [6, 6.07) is 4.77. The fourth-order valence-electron chi connectivity index (χ4n) is 2.29.